The molecule has 1 aliphatic rings. The Morgan fingerprint density at radius 3 is 2.78 bits per heavy atom. The van der Waals surface area contributed by atoms with Gasteiger partial charge in [0, 0.05) is 35.6 Å². The lowest BCUT2D eigenvalue weighted by Crippen LogP contribution is -2.32. The van der Waals surface area contributed by atoms with E-state index >= 15 is 0 Å². The SMILES string of the molecule is Cc1cc(N2CCCOC[C@@H]2c2ccc(NS(C)(=O)=O)cc2Cl)nc(N)n1. The number of aromatic nitrogens is 2. The standard InChI is InChI=1S/C17H22ClN5O3S/c1-11-8-16(21-17(19)20-11)23-6-3-7-26-10-15(23)13-5-4-12(9-14(13)18)22-27(2,24)25/h4-5,8-9,15,22H,3,6-7,10H2,1-2H3,(H2,19,20,21)/t15-/m1/s1. The molecule has 146 valence electrons. The van der Waals surface area contributed by atoms with Gasteiger partial charge in [-0.1, -0.05) is 17.7 Å². The van der Waals surface area contributed by atoms with Crippen LogP contribution < -0.4 is 15.4 Å². The molecule has 27 heavy (non-hydrogen) atoms. The van der Waals surface area contributed by atoms with Crippen molar-refractivity contribution in [3.8, 4) is 0 Å². The average Bonchev–Trinajstić information content (AvgIpc) is 2.78. The van der Waals surface area contributed by atoms with E-state index in [1.165, 1.54) is 0 Å². The molecule has 1 fully saturated rings. The third kappa shape index (κ3) is 5.00. The third-order valence-electron chi connectivity index (χ3n) is 4.15. The minimum absolute atomic E-state index is 0.180. The number of nitrogen functional groups attached to an aromatic ring is 1. The quantitative estimate of drug-likeness (QED) is 0.794. The molecule has 1 atom stereocenters. The highest BCUT2D eigenvalue weighted by Gasteiger charge is 2.27. The number of sulfonamides is 1. The fourth-order valence-corrected chi connectivity index (χ4v) is 3.97. The first-order valence-electron chi connectivity index (χ1n) is 8.46. The molecule has 3 rings (SSSR count). The summed E-state index contributed by atoms with van der Waals surface area (Å²) in [6, 6.07) is 6.79. The largest absolute Gasteiger partial charge is 0.379 e. The van der Waals surface area contributed by atoms with E-state index in [0.29, 0.717) is 29.7 Å². The number of aryl methyl sites for hydroxylation is 1. The summed E-state index contributed by atoms with van der Waals surface area (Å²) in [6.45, 7) is 3.66. The predicted molar refractivity (Wildman–Crippen MR) is 107 cm³/mol. The fraction of sp³-hybridized carbons (Fsp3) is 0.412. The van der Waals surface area contributed by atoms with Crippen LogP contribution in [-0.2, 0) is 14.8 Å². The van der Waals surface area contributed by atoms with Crippen LogP contribution in [0, 0.1) is 6.92 Å². The molecule has 0 aliphatic carbocycles. The summed E-state index contributed by atoms with van der Waals surface area (Å²) in [5.74, 6) is 0.928. The lowest BCUT2D eigenvalue weighted by Gasteiger charge is -2.31. The molecule has 0 amide bonds. The molecule has 0 unspecified atom stereocenters. The van der Waals surface area contributed by atoms with Crippen LogP contribution in [0.2, 0.25) is 5.02 Å². The number of rotatable bonds is 4. The Labute approximate surface area is 163 Å². The number of nitrogens with two attached hydrogens (primary N) is 1. The highest BCUT2D eigenvalue weighted by Crippen LogP contribution is 2.34. The molecule has 1 aromatic carbocycles. The Balaban J connectivity index is 1.98. The van der Waals surface area contributed by atoms with Gasteiger partial charge in [0.05, 0.1) is 18.9 Å². The van der Waals surface area contributed by atoms with Gasteiger partial charge < -0.3 is 15.4 Å². The number of nitrogens with one attached hydrogen (secondary N) is 1. The molecule has 3 N–H and O–H groups in total. The molecule has 0 bridgehead atoms. The van der Waals surface area contributed by atoms with Crippen molar-refractivity contribution in [3.63, 3.8) is 0 Å². The van der Waals surface area contributed by atoms with E-state index in [1.54, 1.807) is 18.2 Å². The van der Waals surface area contributed by atoms with Gasteiger partial charge in [-0.2, -0.15) is 4.98 Å². The van der Waals surface area contributed by atoms with Gasteiger partial charge in [0.1, 0.15) is 5.82 Å². The number of hydrogen-bond donors (Lipinski definition) is 2. The summed E-state index contributed by atoms with van der Waals surface area (Å²) in [6.07, 6.45) is 1.93. The van der Waals surface area contributed by atoms with Crippen molar-refractivity contribution in [1.29, 1.82) is 0 Å². The first-order valence-corrected chi connectivity index (χ1v) is 10.7. The van der Waals surface area contributed by atoms with Crippen molar-refractivity contribution in [2.45, 2.75) is 19.4 Å². The topological polar surface area (TPSA) is 110 Å². The molecule has 0 spiro atoms. The number of hydrogen-bond acceptors (Lipinski definition) is 7. The summed E-state index contributed by atoms with van der Waals surface area (Å²) in [7, 11) is -3.38. The molecule has 8 nitrogen and oxygen atoms in total. The summed E-state index contributed by atoms with van der Waals surface area (Å²) in [4.78, 5) is 10.6. The Kier molecular flexibility index (Phi) is 5.73. The highest BCUT2D eigenvalue weighted by atomic mass is 35.5. The van der Waals surface area contributed by atoms with Crippen LogP contribution in [-0.4, -0.2) is 44.4 Å². The molecule has 1 aliphatic heterocycles. The molecule has 2 aromatic rings. The number of ether oxygens (including phenoxy) is 1. The summed E-state index contributed by atoms with van der Waals surface area (Å²) >= 11 is 6.49. The van der Waals surface area contributed by atoms with E-state index in [1.807, 2.05) is 13.0 Å². The molecule has 1 aromatic heterocycles. The molecular formula is C17H22ClN5O3S. The number of benzene rings is 1. The fourth-order valence-electron chi connectivity index (χ4n) is 3.11. The van der Waals surface area contributed by atoms with Gasteiger partial charge in [-0.3, -0.25) is 4.72 Å². The molecule has 1 saturated heterocycles. The Bertz CT molecular complexity index is 918. The van der Waals surface area contributed by atoms with Gasteiger partial charge in [0.2, 0.25) is 16.0 Å². The van der Waals surface area contributed by atoms with Crippen LogP contribution >= 0.6 is 11.6 Å². The zero-order chi connectivity index (χ0) is 19.6. The van der Waals surface area contributed by atoms with E-state index in [-0.39, 0.29) is 12.0 Å². The van der Waals surface area contributed by atoms with Gasteiger partial charge in [0.25, 0.3) is 0 Å². The van der Waals surface area contributed by atoms with Gasteiger partial charge >= 0.3 is 0 Å². The van der Waals surface area contributed by atoms with Crippen molar-refractivity contribution in [3.05, 3.63) is 40.5 Å². The first-order chi connectivity index (χ1) is 12.7. The zero-order valence-corrected chi connectivity index (χ0v) is 16.7. The Hall–Kier alpha value is -2.10. The molecular weight excluding hydrogens is 390 g/mol. The van der Waals surface area contributed by atoms with E-state index in [9.17, 15) is 8.42 Å². The van der Waals surface area contributed by atoms with Crippen LogP contribution in [0.5, 0.6) is 0 Å². The van der Waals surface area contributed by atoms with E-state index in [4.69, 9.17) is 22.1 Å². The second-order valence-electron chi connectivity index (χ2n) is 6.47. The molecule has 2 heterocycles. The second kappa shape index (κ2) is 7.87. The van der Waals surface area contributed by atoms with Crippen LogP contribution in [0.3, 0.4) is 0 Å². The summed E-state index contributed by atoms with van der Waals surface area (Å²) < 4.78 is 31.1. The molecule has 0 radical (unpaired) electrons. The monoisotopic (exact) mass is 411 g/mol. The Morgan fingerprint density at radius 2 is 2.11 bits per heavy atom. The maximum atomic E-state index is 11.4. The van der Waals surface area contributed by atoms with E-state index < -0.39 is 10.0 Å². The number of anilines is 3. The van der Waals surface area contributed by atoms with Gasteiger partial charge in [-0.25, -0.2) is 13.4 Å². The number of nitrogens with zero attached hydrogens (tertiary/aromatic N) is 3. The first kappa shape index (κ1) is 19.7. The maximum Gasteiger partial charge on any atom is 0.229 e. The van der Waals surface area contributed by atoms with E-state index in [2.05, 4.69) is 19.6 Å². The van der Waals surface area contributed by atoms with Crippen molar-refractivity contribution in [2.75, 3.05) is 41.4 Å². The maximum absolute atomic E-state index is 11.4. The van der Waals surface area contributed by atoms with Gasteiger partial charge in [0.15, 0.2) is 0 Å². The summed E-state index contributed by atoms with van der Waals surface area (Å²) in [5, 5.41) is 0.447. The summed E-state index contributed by atoms with van der Waals surface area (Å²) in [5.41, 5.74) is 7.84. The third-order valence-corrected chi connectivity index (χ3v) is 5.09. The highest BCUT2D eigenvalue weighted by molar-refractivity contribution is 7.92. The smallest absolute Gasteiger partial charge is 0.229 e. The molecule has 0 saturated carbocycles. The molecule has 10 heteroatoms. The van der Waals surface area contributed by atoms with E-state index in [0.717, 1.165) is 30.5 Å². The zero-order valence-electron chi connectivity index (χ0n) is 15.1. The lowest BCUT2D eigenvalue weighted by molar-refractivity contribution is 0.134. The second-order valence-corrected chi connectivity index (χ2v) is 8.63. The Morgan fingerprint density at radius 1 is 1.33 bits per heavy atom. The van der Waals surface area contributed by atoms with Crippen LogP contribution in [0.15, 0.2) is 24.3 Å². The van der Waals surface area contributed by atoms with Crippen LogP contribution in [0.25, 0.3) is 0 Å². The van der Waals surface area contributed by atoms with Crippen LogP contribution in [0.1, 0.15) is 23.7 Å². The van der Waals surface area contributed by atoms with Crippen LogP contribution in [0.4, 0.5) is 17.5 Å². The van der Waals surface area contributed by atoms with Crippen molar-refractivity contribution in [1.82, 2.24) is 9.97 Å². The number of halogens is 1. The minimum Gasteiger partial charge on any atom is -0.379 e. The van der Waals surface area contributed by atoms with Gasteiger partial charge in [-0.05, 0) is 31.0 Å². The predicted octanol–water partition coefficient (Wildman–Crippen LogP) is 2.36. The van der Waals surface area contributed by atoms with Crippen molar-refractivity contribution < 1.29 is 13.2 Å². The van der Waals surface area contributed by atoms with Gasteiger partial charge in [-0.15, -0.1) is 0 Å². The normalized spacial score (nSPS) is 18.2. The lowest BCUT2D eigenvalue weighted by atomic mass is 10.0. The minimum atomic E-state index is -3.38. The van der Waals surface area contributed by atoms with Crippen molar-refractivity contribution >= 4 is 39.1 Å². The van der Waals surface area contributed by atoms with Crippen molar-refractivity contribution in [2.24, 2.45) is 0 Å². The average molecular weight is 412 g/mol.